The molecule has 0 saturated carbocycles. The van der Waals surface area contributed by atoms with Gasteiger partial charge in [0.05, 0.1) is 24.5 Å². The normalized spacial score (nSPS) is 18.8. The van der Waals surface area contributed by atoms with Gasteiger partial charge in [-0.3, -0.25) is 0 Å². The summed E-state index contributed by atoms with van der Waals surface area (Å²) >= 11 is 2.24. The van der Waals surface area contributed by atoms with Crippen LogP contribution in [0.15, 0.2) is 18.2 Å². The van der Waals surface area contributed by atoms with E-state index in [9.17, 15) is 4.79 Å². The number of methoxy groups -OCH3 is 1. The van der Waals surface area contributed by atoms with E-state index in [4.69, 9.17) is 5.73 Å². The lowest BCUT2D eigenvalue weighted by atomic mass is 10.2. The van der Waals surface area contributed by atoms with Crippen LogP contribution >= 0.6 is 22.6 Å². The van der Waals surface area contributed by atoms with Gasteiger partial charge in [-0.05, 0) is 47.2 Å². The maximum absolute atomic E-state index is 11.1. The average Bonchev–Trinajstić information content (AvgIpc) is 2.77. The number of carbonyl (C=O) groups is 1. The van der Waals surface area contributed by atoms with Crippen molar-refractivity contribution in [3.8, 4) is 0 Å². The number of anilines is 2. The Balaban J connectivity index is 2.02. The summed E-state index contributed by atoms with van der Waals surface area (Å²) in [7, 11) is 1.37. The lowest BCUT2D eigenvalue weighted by Gasteiger charge is -2.20. The van der Waals surface area contributed by atoms with Gasteiger partial charge in [0, 0.05) is 16.7 Å². The van der Waals surface area contributed by atoms with Crippen molar-refractivity contribution in [3.63, 3.8) is 0 Å². The van der Waals surface area contributed by atoms with Crippen molar-refractivity contribution in [1.82, 2.24) is 5.32 Å². The molecular formula is C12H16IN3O2. The van der Waals surface area contributed by atoms with Gasteiger partial charge in [0.25, 0.3) is 0 Å². The van der Waals surface area contributed by atoms with Crippen molar-refractivity contribution in [3.05, 3.63) is 21.8 Å². The van der Waals surface area contributed by atoms with Crippen LogP contribution in [-0.2, 0) is 4.74 Å². The van der Waals surface area contributed by atoms with E-state index in [2.05, 4.69) is 37.5 Å². The van der Waals surface area contributed by atoms with Crippen LogP contribution in [0, 0.1) is 3.57 Å². The third-order valence-corrected chi connectivity index (χ3v) is 3.70. The lowest BCUT2D eigenvalue weighted by molar-refractivity contribution is 0.167. The van der Waals surface area contributed by atoms with Crippen molar-refractivity contribution < 1.29 is 9.53 Å². The van der Waals surface area contributed by atoms with E-state index in [1.54, 1.807) is 0 Å². The topological polar surface area (TPSA) is 67.6 Å². The fourth-order valence-corrected chi connectivity index (χ4v) is 2.65. The third-order valence-electron chi connectivity index (χ3n) is 3.03. The minimum absolute atomic E-state index is 0.121. The molecule has 1 aromatic carbocycles. The van der Waals surface area contributed by atoms with E-state index in [1.807, 2.05) is 18.2 Å². The number of hydrogen-bond acceptors (Lipinski definition) is 4. The largest absolute Gasteiger partial charge is 0.453 e. The molecule has 3 N–H and O–H groups in total. The van der Waals surface area contributed by atoms with Crippen LogP contribution in [0.5, 0.6) is 0 Å². The van der Waals surface area contributed by atoms with E-state index in [0.29, 0.717) is 0 Å². The van der Waals surface area contributed by atoms with Crippen molar-refractivity contribution in [2.75, 3.05) is 30.8 Å². The number of nitrogen functional groups attached to an aromatic ring is 1. The molecule has 2 rings (SSSR count). The van der Waals surface area contributed by atoms with E-state index in [1.165, 1.54) is 7.11 Å². The molecule has 0 aliphatic carbocycles. The van der Waals surface area contributed by atoms with Gasteiger partial charge in [0.2, 0.25) is 0 Å². The number of nitrogens with one attached hydrogen (secondary N) is 1. The zero-order valence-electron chi connectivity index (χ0n) is 10.1. The molecule has 0 radical (unpaired) electrons. The molecule has 1 amide bonds. The molecule has 6 heteroatoms. The second-order valence-electron chi connectivity index (χ2n) is 4.27. The van der Waals surface area contributed by atoms with Crippen molar-refractivity contribution in [2.24, 2.45) is 0 Å². The molecule has 1 heterocycles. The Morgan fingerprint density at radius 3 is 3.06 bits per heavy atom. The number of nitrogens with two attached hydrogens (primary N) is 1. The molecule has 0 aromatic heterocycles. The number of rotatable bonds is 2. The quantitative estimate of drug-likeness (QED) is 0.623. The first-order valence-corrected chi connectivity index (χ1v) is 6.82. The Kier molecular flexibility index (Phi) is 4.15. The maximum Gasteiger partial charge on any atom is 0.407 e. The molecule has 1 aliphatic heterocycles. The number of alkyl carbamates (subject to hydrolysis) is 1. The van der Waals surface area contributed by atoms with Crippen molar-refractivity contribution in [1.29, 1.82) is 0 Å². The monoisotopic (exact) mass is 361 g/mol. The summed E-state index contributed by atoms with van der Waals surface area (Å²) in [5.74, 6) is 0. The predicted octanol–water partition coefficient (Wildman–Crippen LogP) is 1.81. The van der Waals surface area contributed by atoms with Crippen LogP contribution in [0.3, 0.4) is 0 Å². The summed E-state index contributed by atoms with van der Waals surface area (Å²) in [4.78, 5) is 13.3. The number of nitrogens with zero attached hydrogens (tertiary/aromatic N) is 1. The Hall–Kier alpha value is -1.18. The van der Waals surface area contributed by atoms with Gasteiger partial charge in [-0.25, -0.2) is 4.79 Å². The van der Waals surface area contributed by atoms with E-state index in [0.717, 1.165) is 34.5 Å². The molecule has 5 nitrogen and oxygen atoms in total. The maximum atomic E-state index is 11.1. The SMILES string of the molecule is COC(=O)NC1CCN(c2ccc(I)cc2N)C1. The summed E-state index contributed by atoms with van der Waals surface area (Å²) in [6.07, 6.45) is 0.526. The Bertz CT molecular complexity index is 453. The second kappa shape index (κ2) is 5.64. The van der Waals surface area contributed by atoms with E-state index < -0.39 is 0 Å². The first kappa shape index (κ1) is 13.3. The van der Waals surface area contributed by atoms with Crippen LogP contribution in [0.4, 0.5) is 16.2 Å². The first-order chi connectivity index (χ1) is 8.60. The van der Waals surface area contributed by atoms with Crippen LogP contribution < -0.4 is 16.0 Å². The Morgan fingerprint density at radius 1 is 1.61 bits per heavy atom. The Morgan fingerprint density at radius 2 is 2.39 bits per heavy atom. The van der Waals surface area contributed by atoms with Gasteiger partial charge in [0.15, 0.2) is 0 Å². The highest BCUT2D eigenvalue weighted by Gasteiger charge is 2.25. The molecule has 1 unspecified atom stereocenters. The fourth-order valence-electron chi connectivity index (χ4n) is 2.14. The van der Waals surface area contributed by atoms with Crippen molar-refractivity contribution in [2.45, 2.75) is 12.5 Å². The number of halogens is 1. The highest BCUT2D eigenvalue weighted by atomic mass is 127. The number of carbonyl (C=O) groups excluding carboxylic acids is 1. The Labute approximate surface area is 120 Å². The highest BCUT2D eigenvalue weighted by Crippen LogP contribution is 2.28. The summed E-state index contributed by atoms with van der Waals surface area (Å²) < 4.78 is 5.72. The molecular weight excluding hydrogens is 345 g/mol. The first-order valence-electron chi connectivity index (χ1n) is 5.74. The smallest absolute Gasteiger partial charge is 0.407 e. The van der Waals surface area contributed by atoms with E-state index in [-0.39, 0.29) is 12.1 Å². The summed E-state index contributed by atoms with van der Waals surface area (Å²) in [6.45, 7) is 1.65. The molecule has 98 valence electrons. The molecule has 1 aliphatic rings. The van der Waals surface area contributed by atoms with Gasteiger partial charge >= 0.3 is 6.09 Å². The van der Waals surface area contributed by atoms with Crippen molar-refractivity contribution >= 4 is 40.1 Å². The fraction of sp³-hybridized carbons (Fsp3) is 0.417. The molecule has 0 spiro atoms. The van der Waals surface area contributed by atoms with Gasteiger partial charge in [-0.15, -0.1) is 0 Å². The molecule has 1 aromatic rings. The van der Waals surface area contributed by atoms with Gasteiger partial charge in [0.1, 0.15) is 0 Å². The number of ether oxygens (including phenoxy) is 1. The minimum atomic E-state index is -0.377. The van der Waals surface area contributed by atoms with Crippen LogP contribution in [-0.4, -0.2) is 32.3 Å². The highest BCUT2D eigenvalue weighted by molar-refractivity contribution is 14.1. The van der Waals surface area contributed by atoms with Gasteiger partial charge in [-0.2, -0.15) is 0 Å². The zero-order valence-corrected chi connectivity index (χ0v) is 12.3. The third kappa shape index (κ3) is 2.98. The zero-order chi connectivity index (χ0) is 13.1. The minimum Gasteiger partial charge on any atom is -0.453 e. The standard InChI is InChI=1S/C12H16IN3O2/c1-18-12(17)15-9-4-5-16(7-9)11-3-2-8(13)6-10(11)14/h2-3,6,9H,4-5,7,14H2,1H3,(H,15,17). The van der Waals surface area contributed by atoms with Crippen LogP contribution in [0.1, 0.15) is 6.42 Å². The number of hydrogen-bond donors (Lipinski definition) is 2. The molecule has 1 saturated heterocycles. The number of benzene rings is 1. The predicted molar refractivity (Wildman–Crippen MR) is 79.7 cm³/mol. The van der Waals surface area contributed by atoms with Crippen LogP contribution in [0.25, 0.3) is 0 Å². The van der Waals surface area contributed by atoms with Gasteiger partial charge < -0.3 is 20.7 Å². The molecule has 0 bridgehead atoms. The molecule has 1 atom stereocenters. The molecule has 1 fully saturated rings. The van der Waals surface area contributed by atoms with Gasteiger partial charge in [-0.1, -0.05) is 0 Å². The lowest BCUT2D eigenvalue weighted by Crippen LogP contribution is -2.37. The summed E-state index contributed by atoms with van der Waals surface area (Å²) in [6, 6.07) is 6.14. The average molecular weight is 361 g/mol. The second-order valence-corrected chi connectivity index (χ2v) is 5.52. The summed E-state index contributed by atoms with van der Waals surface area (Å²) in [5.41, 5.74) is 7.83. The molecule has 18 heavy (non-hydrogen) atoms. The van der Waals surface area contributed by atoms with Crippen LogP contribution in [0.2, 0.25) is 0 Å². The summed E-state index contributed by atoms with van der Waals surface area (Å²) in [5, 5.41) is 2.81. The van der Waals surface area contributed by atoms with E-state index >= 15 is 0 Å². The number of amides is 1.